The fourth-order valence-electron chi connectivity index (χ4n) is 4.33. The van der Waals surface area contributed by atoms with E-state index in [0.29, 0.717) is 12.4 Å². The van der Waals surface area contributed by atoms with E-state index >= 15 is 0 Å². The van der Waals surface area contributed by atoms with E-state index in [-0.39, 0.29) is 36.2 Å². The summed E-state index contributed by atoms with van der Waals surface area (Å²) in [6.07, 6.45) is 4.61. The number of nitrogens with one attached hydrogen (secondary N) is 2. The van der Waals surface area contributed by atoms with Crippen LogP contribution >= 0.6 is 0 Å². The lowest BCUT2D eigenvalue weighted by Gasteiger charge is -2.35. The Morgan fingerprint density at radius 3 is 2.89 bits per heavy atom. The molecule has 27 heavy (non-hydrogen) atoms. The van der Waals surface area contributed by atoms with Crippen molar-refractivity contribution in [3.8, 4) is 6.07 Å². The maximum absolute atomic E-state index is 12.1. The molecule has 8 nitrogen and oxygen atoms in total. The van der Waals surface area contributed by atoms with Gasteiger partial charge in [0.25, 0.3) is 0 Å². The first-order valence-electron chi connectivity index (χ1n) is 9.36. The number of aromatic nitrogens is 2. The molecule has 8 heteroatoms. The van der Waals surface area contributed by atoms with Crippen LogP contribution in [0.15, 0.2) is 18.3 Å². The molecule has 2 aliphatic heterocycles. The van der Waals surface area contributed by atoms with Crippen molar-refractivity contribution in [1.29, 1.82) is 5.26 Å². The van der Waals surface area contributed by atoms with E-state index in [1.807, 2.05) is 29.3 Å². The molecule has 0 spiro atoms. The Morgan fingerprint density at radius 2 is 2.19 bits per heavy atom. The quantitative estimate of drug-likeness (QED) is 0.858. The predicted octanol–water partition coefficient (Wildman–Crippen LogP) is 1.61. The number of rotatable bonds is 4. The second-order valence-electron chi connectivity index (χ2n) is 7.61. The molecule has 0 aromatic carbocycles. The van der Waals surface area contributed by atoms with Crippen molar-refractivity contribution in [2.75, 3.05) is 23.3 Å². The highest BCUT2D eigenvalue weighted by molar-refractivity contribution is 5.98. The molecule has 0 radical (unpaired) electrons. The van der Waals surface area contributed by atoms with Gasteiger partial charge in [0.2, 0.25) is 11.8 Å². The van der Waals surface area contributed by atoms with Crippen LogP contribution in [-0.4, -0.2) is 51.9 Å². The zero-order chi connectivity index (χ0) is 18.5. The van der Waals surface area contributed by atoms with Gasteiger partial charge in [-0.3, -0.25) is 9.59 Å². The van der Waals surface area contributed by atoms with Crippen LogP contribution in [0.3, 0.4) is 0 Å². The number of pyridine rings is 1. The van der Waals surface area contributed by atoms with E-state index in [4.69, 9.17) is 5.26 Å². The first-order valence-corrected chi connectivity index (χ1v) is 9.36. The lowest BCUT2D eigenvalue weighted by molar-refractivity contribution is -0.131. The number of H-pyrrole nitrogens is 1. The summed E-state index contributed by atoms with van der Waals surface area (Å²) < 4.78 is 0. The van der Waals surface area contributed by atoms with E-state index in [1.54, 1.807) is 0 Å². The number of likely N-dealkylation sites (tertiary alicyclic amines) is 1. The van der Waals surface area contributed by atoms with Crippen LogP contribution in [0.1, 0.15) is 25.7 Å². The zero-order valence-electron chi connectivity index (χ0n) is 14.8. The van der Waals surface area contributed by atoms with Crippen molar-refractivity contribution in [2.45, 2.75) is 37.8 Å². The van der Waals surface area contributed by atoms with Crippen molar-refractivity contribution in [3.63, 3.8) is 0 Å². The second kappa shape index (κ2) is 5.98. The molecule has 3 fully saturated rings. The first-order chi connectivity index (χ1) is 13.1. The number of anilines is 2. The van der Waals surface area contributed by atoms with Gasteiger partial charge in [0.15, 0.2) is 0 Å². The minimum absolute atomic E-state index is 0.0376. The molecule has 2 bridgehead atoms. The summed E-state index contributed by atoms with van der Waals surface area (Å²) >= 11 is 0. The number of aromatic amines is 1. The highest BCUT2D eigenvalue weighted by Crippen LogP contribution is 2.39. The Labute approximate surface area is 156 Å². The van der Waals surface area contributed by atoms with Crippen LogP contribution < -0.4 is 10.2 Å². The minimum atomic E-state index is -0.0800. The van der Waals surface area contributed by atoms with Crippen molar-refractivity contribution in [3.05, 3.63) is 18.3 Å². The van der Waals surface area contributed by atoms with Crippen molar-refractivity contribution in [2.24, 2.45) is 5.92 Å². The van der Waals surface area contributed by atoms with Crippen LogP contribution in [0.25, 0.3) is 11.0 Å². The van der Waals surface area contributed by atoms with Crippen molar-refractivity contribution in [1.82, 2.24) is 14.9 Å². The lowest BCUT2D eigenvalue weighted by Crippen LogP contribution is -2.48. The molecular formula is C19H20N6O2. The number of fused-ring (bicyclic) bond motifs is 3. The van der Waals surface area contributed by atoms with Gasteiger partial charge in [-0.25, -0.2) is 4.98 Å². The summed E-state index contributed by atoms with van der Waals surface area (Å²) in [6.45, 7) is 1.38. The average molecular weight is 364 g/mol. The lowest BCUT2D eigenvalue weighted by atomic mass is 10.2. The fraction of sp³-hybridized carbons (Fsp3) is 0.474. The smallest absolute Gasteiger partial charge is 0.237 e. The molecule has 2 aromatic rings. The highest BCUT2D eigenvalue weighted by atomic mass is 16.2. The predicted molar refractivity (Wildman–Crippen MR) is 98.9 cm³/mol. The van der Waals surface area contributed by atoms with Crippen molar-refractivity contribution < 1.29 is 9.59 Å². The Morgan fingerprint density at radius 1 is 1.33 bits per heavy atom. The molecule has 2 unspecified atom stereocenters. The van der Waals surface area contributed by atoms with E-state index in [1.165, 1.54) is 0 Å². The molecule has 1 aliphatic carbocycles. The van der Waals surface area contributed by atoms with Gasteiger partial charge < -0.3 is 20.1 Å². The van der Waals surface area contributed by atoms with Gasteiger partial charge in [0, 0.05) is 42.7 Å². The van der Waals surface area contributed by atoms with Gasteiger partial charge in [0.05, 0.1) is 17.8 Å². The summed E-state index contributed by atoms with van der Waals surface area (Å²) in [5.74, 6) is 0.647. The zero-order valence-corrected chi connectivity index (χ0v) is 14.8. The molecule has 2 saturated heterocycles. The molecule has 2 amide bonds. The fourth-order valence-corrected chi connectivity index (χ4v) is 4.33. The third kappa shape index (κ3) is 2.70. The van der Waals surface area contributed by atoms with Crippen LogP contribution in [-0.2, 0) is 9.59 Å². The molecule has 2 N–H and O–H groups in total. The molecule has 3 aliphatic rings. The van der Waals surface area contributed by atoms with Crippen LogP contribution in [0, 0.1) is 17.2 Å². The Kier molecular flexibility index (Phi) is 3.57. The monoisotopic (exact) mass is 364 g/mol. The maximum Gasteiger partial charge on any atom is 0.237 e. The topological polar surface area (TPSA) is 105 Å². The van der Waals surface area contributed by atoms with E-state index in [2.05, 4.69) is 20.2 Å². The maximum atomic E-state index is 12.1. The molecule has 2 atom stereocenters. The van der Waals surface area contributed by atoms with Gasteiger partial charge in [-0.05, 0) is 25.3 Å². The van der Waals surface area contributed by atoms with E-state index in [9.17, 15) is 9.59 Å². The van der Waals surface area contributed by atoms with E-state index < -0.39 is 0 Å². The van der Waals surface area contributed by atoms with Crippen LogP contribution in [0.5, 0.6) is 0 Å². The molecule has 1 saturated carbocycles. The second-order valence-corrected chi connectivity index (χ2v) is 7.61. The third-order valence-corrected chi connectivity index (χ3v) is 5.81. The molecule has 2 aromatic heterocycles. The SMILES string of the molecule is N#CCC(=O)N1CC2CC1CN2c1cc(NC(=O)C2CC2)nc2[nH]ccc12. The number of carbonyl (C=O) groups excluding carboxylic acids is 2. The van der Waals surface area contributed by atoms with E-state index in [0.717, 1.165) is 42.5 Å². The number of carbonyl (C=O) groups is 2. The molecular weight excluding hydrogens is 344 g/mol. The Balaban J connectivity index is 1.42. The Bertz CT molecular complexity index is 972. The van der Waals surface area contributed by atoms with Gasteiger partial charge in [-0.2, -0.15) is 5.26 Å². The minimum Gasteiger partial charge on any atom is -0.364 e. The summed E-state index contributed by atoms with van der Waals surface area (Å²) in [5, 5.41) is 12.7. The van der Waals surface area contributed by atoms with Crippen LogP contribution in [0.4, 0.5) is 11.5 Å². The number of piperazine rings is 1. The average Bonchev–Trinajstić information content (AvgIpc) is 3.09. The van der Waals surface area contributed by atoms with Crippen molar-refractivity contribution >= 4 is 34.4 Å². The third-order valence-electron chi connectivity index (χ3n) is 5.81. The molecule has 4 heterocycles. The standard InChI is InChI=1S/C19H20N6O2/c20-5-3-17(26)25-10-12-7-13(25)9-24(12)15-8-16(23-19(27)11-1-2-11)22-18-14(15)4-6-21-18/h4,6,8,11-13H,1-3,7,9-10H2,(H2,21,22,23,27). The van der Waals surface area contributed by atoms with Gasteiger partial charge in [-0.1, -0.05) is 0 Å². The summed E-state index contributed by atoms with van der Waals surface area (Å²) in [6, 6.07) is 6.26. The number of amides is 2. The summed E-state index contributed by atoms with van der Waals surface area (Å²) in [5.41, 5.74) is 1.78. The number of hydrogen-bond donors (Lipinski definition) is 2. The van der Waals surface area contributed by atoms with Gasteiger partial charge >= 0.3 is 0 Å². The number of hydrogen-bond acceptors (Lipinski definition) is 5. The highest BCUT2D eigenvalue weighted by Gasteiger charge is 2.45. The van der Waals surface area contributed by atoms with Gasteiger partial charge in [-0.15, -0.1) is 0 Å². The first kappa shape index (κ1) is 16.1. The largest absolute Gasteiger partial charge is 0.364 e. The number of nitriles is 1. The number of nitrogens with zero attached hydrogens (tertiary/aromatic N) is 4. The van der Waals surface area contributed by atoms with Crippen LogP contribution in [0.2, 0.25) is 0 Å². The normalized spacial score (nSPS) is 23.7. The summed E-state index contributed by atoms with van der Waals surface area (Å²) in [7, 11) is 0. The molecule has 5 rings (SSSR count). The molecule has 138 valence electrons. The Hall–Kier alpha value is -3.08. The summed E-state index contributed by atoms with van der Waals surface area (Å²) in [4.78, 5) is 36.1. The van der Waals surface area contributed by atoms with Gasteiger partial charge in [0.1, 0.15) is 17.9 Å².